The van der Waals surface area contributed by atoms with Gasteiger partial charge in [0.2, 0.25) is 5.91 Å². The number of ether oxygens (including phenoxy) is 1. The van der Waals surface area contributed by atoms with Crippen LogP contribution in [0.2, 0.25) is 0 Å². The second-order valence-corrected chi connectivity index (χ2v) is 6.21. The molecule has 24 heavy (non-hydrogen) atoms. The summed E-state index contributed by atoms with van der Waals surface area (Å²) in [6, 6.07) is 8.67. The minimum atomic E-state index is -0.987. The van der Waals surface area contributed by atoms with E-state index < -0.39 is 11.9 Å². The molecule has 0 bridgehead atoms. The van der Waals surface area contributed by atoms with Crippen molar-refractivity contribution in [3.8, 4) is 5.75 Å². The predicted octanol–water partition coefficient (Wildman–Crippen LogP) is 0.715. The largest absolute Gasteiger partial charge is 0.509 e. The Balaban J connectivity index is 1.51. The first kappa shape index (κ1) is 16.2. The Morgan fingerprint density at radius 3 is 2.79 bits per heavy atom. The molecule has 0 aliphatic carbocycles. The number of para-hydroxylation sites is 1. The van der Waals surface area contributed by atoms with Crippen molar-refractivity contribution in [3.63, 3.8) is 0 Å². The van der Waals surface area contributed by atoms with Crippen molar-refractivity contribution in [2.75, 3.05) is 12.4 Å². The van der Waals surface area contributed by atoms with Gasteiger partial charge in [0.1, 0.15) is 11.5 Å². The topological polar surface area (TPSA) is 105 Å². The molecular weight excluding hydrogens is 336 g/mol. The number of thioether (sulfide) groups is 1. The summed E-state index contributed by atoms with van der Waals surface area (Å²) in [6.45, 7) is -0.344. The third kappa shape index (κ3) is 3.30. The number of benzene rings is 1. The first-order valence-corrected chi connectivity index (χ1v) is 8.15. The molecule has 2 N–H and O–H groups in total. The zero-order valence-electron chi connectivity index (χ0n) is 12.4. The second kappa shape index (κ2) is 6.83. The summed E-state index contributed by atoms with van der Waals surface area (Å²) in [5.74, 6) is -1.47. The van der Waals surface area contributed by atoms with Crippen molar-refractivity contribution >= 4 is 29.5 Å². The van der Waals surface area contributed by atoms with Gasteiger partial charge in [0.05, 0.1) is 17.5 Å². The maximum atomic E-state index is 12.0. The molecule has 1 atom stereocenters. The molecular formula is C15H14N2O6S. The lowest BCUT2D eigenvalue weighted by atomic mass is 10.1. The van der Waals surface area contributed by atoms with Gasteiger partial charge in [0.15, 0.2) is 12.3 Å². The number of rotatable bonds is 4. The van der Waals surface area contributed by atoms with Gasteiger partial charge in [-0.05, 0) is 12.1 Å². The molecule has 0 spiro atoms. The Labute approximate surface area is 141 Å². The fourth-order valence-electron chi connectivity index (χ4n) is 2.23. The molecule has 0 unspecified atom stereocenters. The number of fused-ring (bicyclic) bond motifs is 1. The van der Waals surface area contributed by atoms with Crippen LogP contribution in [0.15, 0.2) is 41.8 Å². The molecule has 0 aromatic heterocycles. The first-order chi connectivity index (χ1) is 11.6. The van der Waals surface area contributed by atoms with E-state index in [1.807, 2.05) is 11.5 Å². The van der Waals surface area contributed by atoms with Crippen LogP contribution in [0.25, 0.3) is 0 Å². The maximum absolute atomic E-state index is 12.0. The number of nitrogens with zero attached hydrogens (tertiary/aromatic N) is 1. The lowest BCUT2D eigenvalue weighted by Gasteiger charge is -2.42. The van der Waals surface area contributed by atoms with E-state index in [1.165, 1.54) is 16.7 Å². The van der Waals surface area contributed by atoms with Gasteiger partial charge in [-0.1, -0.05) is 18.2 Å². The van der Waals surface area contributed by atoms with E-state index >= 15 is 0 Å². The van der Waals surface area contributed by atoms with Crippen molar-refractivity contribution in [1.29, 1.82) is 0 Å². The Morgan fingerprint density at radius 1 is 1.33 bits per heavy atom. The number of carbonyl (C=O) groups excluding carboxylic acids is 3. The number of nitrogens with one attached hydrogen (secondary N) is 1. The number of aliphatic hydroxyl groups is 1. The van der Waals surface area contributed by atoms with Gasteiger partial charge in [-0.25, -0.2) is 4.79 Å². The highest BCUT2D eigenvalue weighted by atomic mass is 32.2. The molecule has 8 nitrogen and oxygen atoms in total. The van der Waals surface area contributed by atoms with E-state index in [2.05, 4.69) is 4.84 Å². The summed E-state index contributed by atoms with van der Waals surface area (Å²) in [5, 5.41) is 9.65. The fraction of sp³-hybridized carbons (Fsp3) is 0.267. The summed E-state index contributed by atoms with van der Waals surface area (Å²) in [7, 11) is 0. The third-order valence-electron chi connectivity index (χ3n) is 3.40. The molecule has 126 valence electrons. The molecule has 9 heteroatoms. The van der Waals surface area contributed by atoms with Crippen LogP contribution in [0.4, 0.5) is 0 Å². The van der Waals surface area contributed by atoms with Crippen molar-refractivity contribution in [2.24, 2.45) is 0 Å². The molecule has 1 saturated heterocycles. The quantitative estimate of drug-likeness (QED) is 0.609. The molecule has 2 heterocycles. The van der Waals surface area contributed by atoms with Crippen LogP contribution in [0.1, 0.15) is 6.42 Å². The molecule has 0 radical (unpaired) electrons. The smallest absolute Gasteiger partial charge is 0.382 e. The summed E-state index contributed by atoms with van der Waals surface area (Å²) < 4.78 is 5.20. The standard InChI is InChI=1S/C15H14N2O6S/c18-10-8-24-13-6-12(20)17(13)14(10)15(21)23-16-11(19)7-22-9-4-2-1-3-5-9/h1-5,13,18H,6-8H2,(H,16,19)/t13-/m0/s1. The Hall–Kier alpha value is -2.68. The van der Waals surface area contributed by atoms with Crippen LogP contribution < -0.4 is 10.2 Å². The molecule has 0 saturated carbocycles. The van der Waals surface area contributed by atoms with Crippen LogP contribution in [0.5, 0.6) is 5.75 Å². The van der Waals surface area contributed by atoms with Crippen molar-refractivity contribution in [3.05, 3.63) is 41.8 Å². The van der Waals surface area contributed by atoms with E-state index in [0.29, 0.717) is 12.2 Å². The summed E-state index contributed by atoms with van der Waals surface area (Å²) in [5.41, 5.74) is 1.72. The molecule has 3 rings (SSSR count). The number of aliphatic hydroxyl groups excluding tert-OH is 1. The molecule has 1 fully saturated rings. The van der Waals surface area contributed by atoms with Gasteiger partial charge in [0, 0.05) is 0 Å². The molecule has 2 aliphatic rings. The number of β-lactam (4-membered cyclic amide) rings is 1. The van der Waals surface area contributed by atoms with Crippen LogP contribution in [-0.2, 0) is 19.2 Å². The van der Waals surface area contributed by atoms with Crippen molar-refractivity contribution < 1.29 is 29.1 Å². The highest BCUT2D eigenvalue weighted by Crippen LogP contribution is 2.39. The molecule has 2 aliphatic heterocycles. The highest BCUT2D eigenvalue weighted by Gasteiger charge is 2.46. The zero-order chi connectivity index (χ0) is 17.1. The van der Waals surface area contributed by atoms with Crippen LogP contribution in [0.3, 0.4) is 0 Å². The van der Waals surface area contributed by atoms with Gasteiger partial charge in [-0.2, -0.15) is 5.48 Å². The zero-order valence-corrected chi connectivity index (χ0v) is 13.2. The molecule has 1 aromatic carbocycles. The Morgan fingerprint density at radius 2 is 2.08 bits per heavy atom. The van der Waals surface area contributed by atoms with Crippen LogP contribution in [-0.4, -0.2) is 45.5 Å². The average molecular weight is 350 g/mol. The number of amides is 2. The Kier molecular flexibility index (Phi) is 4.61. The predicted molar refractivity (Wildman–Crippen MR) is 83.5 cm³/mol. The minimum absolute atomic E-state index is 0.173. The molecule has 1 aromatic rings. The summed E-state index contributed by atoms with van der Waals surface area (Å²) >= 11 is 1.36. The fourth-order valence-corrected chi connectivity index (χ4v) is 3.35. The lowest BCUT2D eigenvalue weighted by molar-refractivity contribution is -0.160. The van der Waals surface area contributed by atoms with Gasteiger partial charge in [-0.15, -0.1) is 11.8 Å². The van der Waals surface area contributed by atoms with Crippen molar-refractivity contribution in [2.45, 2.75) is 11.8 Å². The van der Waals surface area contributed by atoms with Crippen molar-refractivity contribution in [1.82, 2.24) is 10.4 Å². The monoisotopic (exact) mass is 350 g/mol. The number of hydroxylamine groups is 1. The minimum Gasteiger partial charge on any atom is -0.509 e. The number of carbonyl (C=O) groups is 3. The summed E-state index contributed by atoms with van der Waals surface area (Å²) in [6.07, 6.45) is 0.312. The van der Waals surface area contributed by atoms with E-state index in [9.17, 15) is 19.5 Å². The van der Waals surface area contributed by atoms with E-state index in [4.69, 9.17) is 4.74 Å². The van der Waals surface area contributed by atoms with Gasteiger partial charge in [0.25, 0.3) is 5.91 Å². The number of hydrogen-bond acceptors (Lipinski definition) is 7. The van der Waals surface area contributed by atoms with Crippen LogP contribution >= 0.6 is 11.8 Å². The van der Waals surface area contributed by atoms with E-state index in [1.54, 1.807) is 24.3 Å². The first-order valence-electron chi connectivity index (χ1n) is 7.10. The second-order valence-electron chi connectivity index (χ2n) is 5.05. The SMILES string of the molecule is O=C(COc1ccccc1)NOC(=O)C1=C(O)CS[C@H]2CC(=O)N12. The number of hydrogen-bond donors (Lipinski definition) is 2. The summed E-state index contributed by atoms with van der Waals surface area (Å²) in [4.78, 5) is 41.1. The van der Waals surface area contributed by atoms with Gasteiger partial charge in [-0.3, -0.25) is 14.5 Å². The maximum Gasteiger partial charge on any atom is 0.382 e. The average Bonchev–Trinajstić information content (AvgIpc) is 2.59. The lowest BCUT2D eigenvalue weighted by Crippen LogP contribution is -2.54. The normalized spacial score (nSPS) is 19.2. The van der Waals surface area contributed by atoms with Gasteiger partial charge >= 0.3 is 5.97 Å². The van der Waals surface area contributed by atoms with E-state index in [-0.39, 0.29) is 35.1 Å². The highest BCUT2D eigenvalue weighted by molar-refractivity contribution is 8.00. The Bertz CT molecular complexity index is 705. The van der Waals surface area contributed by atoms with Gasteiger partial charge < -0.3 is 14.7 Å². The van der Waals surface area contributed by atoms with E-state index in [0.717, 1.165) is 0 Å². The molecule has 2 amide bonds. The van der Waals surface area contributed by atoms with Crippen LogP contribution in [0, 0.1) is 0 Å². The third-order valence-corrected chi connectivity index (χ3v) is 4.60.